The molecular formula is C19H18F2N4O3. The number of amides is 2. The quantitative estimate of drug-likeness (QED) is 0.683. The molecule has 7 nitrogen and oxygen atoms in total. The summed E-state index contributed by atoms with van der Waals surface area (Å²) in [6.07, 6.45) is 6.27. The number of halogens is 2. The van der Waals surface area contributed by atoms with Gasteiger partial charge >= 0.3 is 0 Å². The Bertz CT molecular complexity index is 965. The largest absolute Gasteiger partial charge is 0.493 e. The standard InChI is InChI=1S/C19H14F2N4O3.2H2/c20-12-1-2-13-11(17(12)21)4-10(19(27)25-13)5-16(26)24-14-8-28-15-3-9(6-22)7-23-18(14)15;;/h1-4,7,11,14,23H,5,8H2,(H,24,26)(H,25,27);2*1H/t11?,14-;;/m1../s1. The zero-order valence-corrected chi connectivity index (χ0v) is 14.4. The number of carbonyl (C=O) groups is 2. The Labute approximate surface area is 162 Å². The molecule has 2 radical (unpaired) electrons. The summed E-state index contributed by atoms with van der Waals surface area (Å²) in [4.78, 5) is 24.6. The van der Waals surface area contributed by atoms with Crippen LogP contribution in [0, 0.1) is 29.7 Å². The number of allylic oxidation sites excluding steroid dienone is 5. The van der Waals surface area contributed by atoms with E-state index in [0.29, 0.717) is 17.4 Å². The van der Waals surface area contributed by atoms with E-state index in [1.807, 2.05) is 6.07 Å². The zero-order valence-electron chi connectivity index (χ0n) is 14.4. The van der Waals surface area contributed by atoms with Gasteiger partial charge in [0.05, 0.1) is 24.0 Å². The van der Waals surface area contributed by atoms with Crippen molar-refractivity contribution in [3.8, 4) is 6.07 Å². The second-order valence-corrected chi connectivity index (χ2v) is 6.49. The maximum absolute atomic E-state index is 14.0. The lowest BCUT2D eigenvalue weighted by Crippen LogP contribution is -2.44. The molecule has 0 aromatic heterocycles. The highest BCUT2D eigenvalue weighted by molar-refractivity contribution is 6.01. The first-order valence-electron chi connectivity index (χ1n) is 8.46. The minimum absolute atomic E-state index is 0. The molecule has 28 heavy (non-hydrogen) atoms. The second-order valence-electron chi connectivity index (χ2n) is 6.49. The van der Waals surface area contributed by atoms with Crippen LogP contribution in [0.5, 0.6) is 0 Å². The molecular weight excluding hydrogens is 370 g/mol. The van der Waals surface area contributed by atoms with Gasteiger partial charge in [0.2, 0.25) is 5.91 Å². The molecule has 4 rings (SSSR count). The first-order chi connectivity index (χ1) is 13.5. The third-order valence-electron chi connectivity index (χ3n) is 4.67. The van der Waals surface area contributed by atoms with E-state index in [-0.39, 0.29) is 27.2 Å². The van der Waals surface area contributed by atoms with Gasteiger partial charge in [0.1, 0.15) is 30.1 Å². The van der Waals surface area contributed by atoms with E-state index in [9.17, 15) is 18.4 Å². The average molecular weight is 388 g/mol. The first kappa shape index (κ1) is 18.0. The summed E-state index contributed by atoms with van der Waals surface area (Å²) >= 11 is 0. The van der Waals surface area contributed by atoms with Crippen LogP contribution in [-0.4, -0.2) is 24.5 Å². The van der Waals surface area contributed by atoms with Gasteiger partial charge in [-0.05, 0) is 6.08 Å². The summed E-state index contributed by atoms with van der Waals surface area (Å²) < 4.78 is 32.9. The third kappa shape index (κ3) is 3.17. The van der Waals surface area contributed by atoms with E-state index < -0.39 is 35.4 Å². The summed E-state index contributed by atoms with van der Waals surface area (Å²) in [5.41, 5.74) is 0.673. The number of hydrogen-bond donors (Lipinski definition) is 3. The molecule has 4 aliphatic rings. The molecule has 0 saturated carbocycles. The fourth-order valence-corrected chi connectivity index (χ4v) is 3.27. The van der Waals surface area contributed by atoms with Crippen molar-refractivity contribution >= 4 is 11.8 Å². The summed E-state index contributed by atoms with van der Waals surface area (Å²) in [5, 5.41) is 17.0. The van der Waals surface area contributed by atoms with Crippen LogP contribution >= 0.6 is 0 Å². The van der Waals surface area contributed by atoms with Crippen molar-refractivity contribution in [3.63, 3.8) is 0 Å². The smallest absolute Gasteiger partial charge is 0.251 e. The summed E-state index contributed by atoms with van der Waals surface area (Å²) in [5.74, 6) is -3.59. The van der Waals surface area contributed by atoms with Gasteiger partial charge in [-0.15, -0.1) is 0 Å². The van der Waals surface area contributed by atoms with Crippen LogP contribution in [-0.2, 0) is 14.3 Å². The van der Waals surface area contributed by atoms with Gasteiger partial charge in [0, 0.05) is 26.7 Å². The van der Waals surface area contributed by atoms with Crippen LogP contribution in [0.25, 0.3) is 0 Å². The summed E-state index contributed by atoms with van der Waals surface area (Å²) in [7, 11) is 0. The monoisotopic (exact) mass is 388 g/mol. The van der Waals surface area contributed by atoms with Crippen LogP contribution in [0.4, 0.5) is 8.78 Å². The number of carbonyl (C=O) groups excluding carboxylic acids is 2. The Morgan fingerprint density at radius 1 is 1.46 bits per heavy atom. The lowest BCUT2D eigenvalue weighted by Gasteiger charge is -2.27. The maximum Gasteiger partial charge on any atom is 0.251 e. The van der Waals surface area contributed by atoms with Gasteiger partial charge < -0.3 is 20.7 Å². The Hall–Kier alpha value is -3.41. The van der Waals surface area contributed by atoms with Crippen molar-refractivity contribution in [2.45, 2.75) is 12.5 Å². The molecule has 0 aromatic rings. The number of dihydropyridines is 1. The molecule has 0 aromatic carbocycles. The van der Waals surface area contributed by atoms with Gasteiger partial charge in [-0.25, -0.2) is 8.78 Å². The molecule has 1 aliphatic carbocycles. The fourth-order valence-electron chi connectivity index (χ4n) is 3.27. The normalized spacial score (nSPS) is 26.2. The van der Waals surface area contributed by atoms with Crippen LogP contribution in [0.15, 0.2) is 58.7 Å². The van der Waals surface area contributed by atoms with Crippen molar-refractivity contribution < 1.29 is 26.0 Å². The van der Waals surface area contributed by atoms with Crippen molar-refractivity contribution in [1.29, 1.82) is 5.26 Å². The summed E-state index contributed by atoms with van der Waals surface area (Å²) in [6, 6.07) is 2.12. The molecule has 3 aliphatic heterocycles. The Morgan fingerprint density at radius 2 is 2.29 bits per heavy atom. The van der Waals surface area contributed by atoms with E-state index in [0.717, 1.165) is 6.42 Å². The van der Waals surface area contributed by atoms with E-state index in [1.54, 1.807) is 6.08 Å². The average Bonchev–Trinajstić information content (AvgIpc) is 3.08. The van der Waals surface area contributed by atoms with Crippen LogP contribution < -0.4 is 16.0 Å². The van der Waals surface area contributed by atoms with Gasteiger partial charge in [0.25, 0.3) is 5.91 Å². The topological polar surface area (TPSA) is 103 Å². The number of ether oxygens (including phenoxy) is 1. The number of fused-ring (bicyclic) bond motifs is 2. The van der Waals surface area contributed by atoms with E-state index >= 15 is 0 Å². The molecule has 3 N–H and O–H groups in total. The van der Waals surface area contributed by atoms with E-state index in [1.165, 1.54) is 18.4 Å². The van der Waals surface area contributed by atoms with Gasteiger partial charge in [-0.2, -0.15) is 5.26 Å². The third-order valence-corrected chi connectivity index (χ3v) is 4.67. The molecule has 3 heterocycles. The Morgan fingerprint density at radius 3 is 3.07 bits per heavy atom. The van der Waals surface area contributed by atoms with Gasteiger partial charge in [-0.3, -0.25) is 9.59 Å². The maximum atomic E-state index is 14.0. The molecule has 0 bridgehead atoms. The lowest BCUT2D eigenvalue weighted by atomic mass is 9.90. The first-order valence-corrected chi connectivity index (χ1v) is 8.46. The predicted octanol–water partition coefficient (Wildman–Crippen LogP) is 1.73. The summed E-state index contributed by atoms with van der Waals surface area (Å²) in [6.45, 7) is 0.172. The highest BCUT2D eigenvalue weighted by Gasteiger charge is 2.38. The zero-order chi connectivity index (χ0) is 19.8. The molecule has 9 heteroatoms. The molecule has 2 amide bonds. The highest BCUT2D eigenvalue weighted by Crippen LogP contribution is 2.35. The Balaban J connectivity index is 0.00000160. The fraction of sp³-hybridized carbons (Fsp3) is 0.211. The number of nitrogens with one attached hydrogen (secondary N) is 3. The van der Waals surface area contributed by atoms with Gasteiger partial charge in [-0.1, -0.05) is 12.2 Å². The molecule has 0 spiro atoms. The second kappa shape index (κ2) is 6.96. The lowest BCUT2D eigenvalue weighted by molar-refractivity contribution is -0.123. The van der Waals surface area contributed by atoms with Gasteiger partial charge in [0.15, 0.2) is 6.04 Å². The molecule has 1 unspecified atom stereocenters. The SMILES string of the molecule is N#CC1=CN[C]2C(=C1)OC[C@H]2NC(=O)CC1=CC2C(=C[CH]C(F)=C2F)NC1=O.[HH].[HH]. The van der Waals surface area contributed by atoms with E-state index in [4.69, 9.17) is 10.00 Å². The molecule has 2 atom stereocenters. The minimum atomic E-state index is -1.04. The van der Waals surface area contributed by atoms with Crippen LogP contribution in [0.1, 0.15) is 9.27 Å². The highest BCUT2D eigenvalue weighted by atomic mass is 19.2. The number of nitrogens with zero attached hydrogens (tertiary/aromatic N) is 1. The number of hydrogen-bond acceptors (Lipinski definition) is 5. The van der Waals surface area contributed by atoms with E-state index in [2.05, 4.69) is 16.0 Å². The minimum Gasteiger partial charge on any atom is -0.493 e. The predicted molar refractivity (Wildman–Crippen MR) is 96.2 cm³/mol. The van der Waals surface area contributed by atoms with Crippen LogP contribution in [0.2, 0.25) is 0 Å². The molecule has 146 valence electrons. The van der Waals surface area contributed by atoms with Crippen LogP contribution in [0.3, 0.4) is 0 Å². The molecule has 1 fully saturated rings. The van der Waals surface area contributed by atoms with Crippen molar-refractivity contribution in [1.82, 2.24) is 16.0 Å². The van der Waals surface area contributed by atoms with Crippen molar-refractivity contribution in [2.24, 2.45) is 5.92 Å². The number of rotatable bonds is 3. The van der Waals surface area contributed by atoms with Crippen molar-refractivity contribution in [3.05, 3.63) is 71.1 Å². The Kier molecular flexibility index (Phi) is 4.47. The molecule has 1 saturated heterocycles. The number of nitriles is 1. The van der Waals surface area contributed by atoms with Crippen molar-refractivity contribution in [2.75, 3.05) is 6.61 Å².